The molecule has 0 radical (unpaired) electrons. The lowest BCUT2D eigenvalue weighted by Crippen LogP contribution is -2.20. The number of carbonyl (C=O) groups excluding carboxylic acids is 1. The van der Waals surface area contributed by atoms with Crippen molar-refractivity contribution in [3.8, 4) is 0 Å². The van der Waals surface area contributed by atoms with E-state index in [1.165, 1.54) is 18.3 Å². The second-order valence-electron chi connectivity index (χ2n) is 3.36. The second kappa shape index (κ2) is 5.76. The van der Waals surface area contributed by atoms with Crippen LogP contribution < -0.4 is 10.6 Å². The zero-order valence-corrected chi connectivity index (χ0v) is 11.7. The van der Waals surface area contributed by atoms with Crippen LogP contribution in [0.5, 0.6) is 0 Å². The molecular weight excluding hydrogens is 336 g/mol. The van der Waals surface area contributed by atoms with E-state index in [0.29, 0.717) is 9.47 Å². The number of rotatable bonds is 3. The van der Waals surface area contributed by atoms with Gasteiger partial charge in [-0.25, -0.2) is 9.59 Å². The van der Waals surface area contributed by atoms with Gasteiger partial charge >= 0.3 is 12.0 Å². The third kappa shape index (κ3) is 3.48. The first-order valence-electron chi connectivity index (χ1n) is 4.94. The molecule has 0 atom stereocenters. The van der Waals surface area contributed by atoms with Gasteiger partial charge in [0.1, 0.15) is 5.00 Å². The smallest absolute Gasteiger partial charge is 0.337 e. The number of nitrogens with one attached hydrogen (secondary N) is 2. The number of amides is 2. The van der Waals surface area contributed by atoms with Crippen molar-refractivity contribution in [1.82, 2.24) is 9.59 Å². The first-order valence-corrected chi connectivity index (χ1v) is 6.51. The summed E-state index contributed by atoms with van der Waals surface area (Å²) < 4.78 is 4.20. The third-order valence-corrected chi connectivity index (χ3v) is 3.13. The maximum absolute atomic E-state index is 11.7. The third-order valence-electron chi connectivity index (χ3n) is 2.06. The van der Waals surface area contributed by atoms with Crippen molar-refractivity contribution < 1.29 is 14.7 Å². The number of hydrogen-bond acceptors (Lipinski definition) is 5. The predicted molar refractivity (Wildman–Crippen MR) is 73.7 cm³/mol. The van der Waals surface area contributed by atoms with E-state index in [2.05, 4.69) is 36.2 Å². The number of aromatic nitrogens is 2. The van der Waals surface area contributed by atoms with Gasteiger partial charge in [0, 0.05) is 16.0 Å². The molecule has 7 nitrogen and oxygen atoms in total. The van der Waals surface area contributed by atoms with Crippen molar-refractivity contribution in [2.24, 2.45) is 0 Å². The number of benzene rings is 1. The Bertz CT molecular complexity index is 617. The lowest BCUT2D eigenvalue weighted by Gasteiger charge is -2.08. The molecule has 0 spiro atoms. The summed E-state index contributed by atoms with van der Waals surface area (Å²) >= 11 is 4.19. The SMILES string of the molecule is O=C(Nc1cnns1)Nc1ccc(Br)cc1C(=O)O. The molecule has 0 fully saturated rings. The number of urea groups is 1. The molecule has 0 bridgehead atoms. The molecule has 2 rings (SSSR count). The maximum Gasteiger partial charge on any atom is 0.337 e. The summed E-state index contributed by atoms with van der Waals surface area (Å²) in [4.78, 5) is 22.7. The fourth-order valence-corrected chi connectivity index (χ4v) is 2.07. The average molecular weight is 343 g/mol. The van der Waals surface area contributed by atoms with Crippen molar-refractivity contribution in [3.05, 3.63) is 34.4 Å². The molecule has 1 aromatic heterocycles. The van der Waals surface area contributed by atoms with Crippen LogP contribution in [0.4, 0.5) is 15.5 Å². The molecule has 2 amide bonds. The van der Waals surface area contributed by atoms with Gasteiger partial charge < -0.3 is 10.4 Å². The summed E-state index contributed by atoms with van der Waals surface area (Å²) in [6.07, 6.45) is 1.39. The molecule has 1 heterocycles. The van der Waals surface area contributed by atoms with Gasteiger partial charge in [0.15, 0.2) is 0 Å². The quantitative estimate of drug-likeness (QED) is 0.795. The summed E-state index contributed by atoms with van der Waals surface area (Å²) in [5.74, 6) is -1.13. The van der Waals surface area contributed by atoms with Crippen molar-refractivity contribution in [2.45, 2.75) is 0 Å². The van der Waals surface area contributed by atoms with Crippen molar-refractivity contribution >= 4 is 50.2 Å². The minimum absolute atomic E-state index is 0.00745. The molecule has 0 unspecified atom stereocenters. The summed E-state index contributed by atoms with van der Waals surface area (Å²) in [6.45, 7) is 0. The number of carbonyl (C=O) groups is 2. The summed E-state index contributed by atoms with van der Waals surface area (Å²) in [7, 11) is 0. The van der Waals surface area contributed by atoms with E-state index >= 15 is 0 Å². The highest BCUT2D eigenvalue weighted by atomic mass is 79.9. The van der Waals surface area contributed by atoms with Gasteiger partial charge in [-0.1, -0.05) is 20.4 Å². The van der Waals surface area contributed by atoms with Gasteiger partial charge in [0.2, 0.25) is 0 Å². The van der Waals surface area contributed by atoms with Crippen LogP contribution in [0, 0.1) is 0 Å². The van der Waals surface area contributed by atoms with Crippen LogP contribution in [0.25, 0.3) is 0 Å². The number of hydrogen-bond donors (Lipinski definition) is 3. The summed E-state index contributed by atoms with van der Waals surface area (Å²) in [6, 6.07) is 3.98. The Kier molecular flexibility index (Phi) is 4.07. The molecule has 3 N–H and O–H groups in total. The fraction of sp³-hybridized carbons (Fsp3) is 0. The number of carboxylic acids is 1. The molecule has 0 aliphatic rings. The number of aromatic carboxylic acids is 1. The van der Waals surface area contributed by atoms with Crippen LogP contribution in [0.15, 0.2) is 28.9 Å². The largest absolute Gasteiger partial charge is 0.478 e. The first kappa shape index (κ1) is 13.4. The Balaban J connectivity index is 2.14. The zero-order valence-electron chi connectivity index (χ0n) is 9.25. The molecule has 98 valence electrons. The Morgan fingerprint density at radius 3 is 2.74 bits per heavy atom. The zero-order chi connectivity index (χ0) is 13.8. The number of carboxylic acid groups (broad SMARTS) is 1. The molecule has 19 heavy (non-hydrogen) atoms. The van der Waals surface area contributed by atoms with Crippen LogP contribution in [-0.4, -0.2) is 26.7 Å². The Labute approximate surface area is 119 Å². The molecule has 0 aliphatic heterocycles. The standard InChI is InChI=1S/C10H7BrN4O3S/c11-5-1-2-7(6(3-5)9(16)17)13-10(18)14-8-4-12-15-19-8/h1-4H,(H,16,17)(H2,13,14,18). The van der Waals surface area contributed by atoms with Crippen molar-refractivity contribution in [1.29, 1.82) is 0 Å². The van der Waals surface area contributed by atoms with Crippen molar-refractivity contribution in [3.63, 3.8) is 0 Å². The van der Waals surface area contributed by atoms with Gasteiger partial charge in [0.05, 0.1) is 17.4 Å². The second-order valence-corrected chi connectivity index (χ2v) is 5.06. The molecule has 0 aliphatic carbocycles. The van der Waals surface area contributed by atoms with Crippen LogP contribution in [-0.2, 0) is 0 Å². The van der Waals surface area contributed by atoms with Gasteiger partial charge in [-0.2, -0.15) is 0 Å². The van der Waals surface area contributed by atoms with Gasteiger partial charge in [-0.15, -0.1) is 5.10 Å². The molecule has 0 saturated heterocycles. The molecule has 9 heteroatoms. The highest BCUT2D eigenvalue weighted by Crippen LogP contribution is 2.21. The highest BCUT2D eigenvalue weighted by molar-refractivity contribution is 9.10. The topological polar surface area (TPSA) is 104 Å². The van der Waals surface area contributed by atoms with Gasteiger partial charge in [-0.05, 0) is 18.2 Å². The van der Waals surface area contributed by atoms with Crippen LogP contribution in [0.2, 0.25) is 0 Å². The number of nitrogens with zero attached hydrogens (tertiary/aromatic N) is 2. The molecular formula is C10H7BrN4O3S. The molecule has 1 aromatic carbocycles. The van der Waals surface area contributed by atoms with E-state index in [1.54, 1.807) is 6.07 Å². The van der Waals surface area contributed by atoms with Gasteiger partial charge in [0.25, 0.3) is 0 Å². The van der Waals surface area contributed by atoms with E-state index in [9.17, 15) is 9.59 Å². The molecule has 0 saturated carbocycles. The van der Waals surface area contributed by atoms with E-state index in [0.717, 1.165) is 11.5 Å². The lowest BCUT2D eigenvalue weighted by molar-refractivity contribution is 0.0698. The molecule has 2 aromatic rings. The summed E-state index contributed by atoms with van der Waals surface area (Å²) in [5, 5.41) is 18.0. The van der Waals surface area contributed by atoms with E-state index in [-0.39, 0.29) is 11.3 Å². The maximum atomic E-state index is 11.7. The monoisotopic (exact) mass is 342 g/mol. The van der Waals surface area contributed by atoms with Gasteiger partial charge in [-0.3, -0.25) is 5.32 Å². The normalized spacial score (nSPS) is 9.95. The Morgan fingerprint density at radius 2 is 2.11 bits per heavy atom. The van der Waals surface area contributed by atoms with E-state index in [4.69, 9.17) is 5.11 Å². The first-order chi connectivity index (χ1) is 9.06. The lowest BCUT2D eigenvalue weighted by atomic mass is 10.2. The average Bonchev–Trinajstić information content (AvgIpc) is 2.83. The Hall–Kier alpha value is -2.00. The minimum atomic E-state index is -1.13. The van der Waals surface area contributed by atoms with Crippen LogP contribution >= 0.6 is 27.5 Å². The minimum Gasteiger partial charge on any atom is -0.478 e. The fourth-order valence-electron chi connectivity index (χ4n) is 1.29. The highest BCUT2D eigenvalue weighted by Gasteiger charge is 2.13. The van der Waals surface area contributed by atoms with E-state index < -0.39 is 12.0 Å². The van der Waals surface area contributed by atoms with Crippen LogP contribution in [0.3, 0.4) is 0 Å². The number of halogens is 1. The van der Waals surface area contributed by atoms with Crippen molar-refractivity contribution in [2.75, 3.05) is 10.6 Å². The Morgan fingerprint density at radius 1 is 1.32 bits per heavy atom. The number of anilines is 2. The summed E-state index contributed by atoms with van der Waals surface area (Å²) in [5.41, 5.74) is 0.192. The van der Waals surface area contributed by atoms with E-state index in [1.807, 2.05) is 0 Å². The predicted octanol–water partition coefficient (Wildman–Crippen LogP) is 2.64. The van der Waals surface area contributed by atoms with Crippen LogP contribution in [0.1, 0.15) is 10.4 Å².